The van der Waals surface area contributed by atoms with Crippen molar-refractivity contribution in [2.75, 3.05) is 0 Å². The third kappa shape index (κ3) is 2.80. The molecule has 9 heteroatoms. The Morgan fingerprint density at radius 2 is 2.04 bits per heavy atom. The van der Waals surface area contributed by atoms with Crippen LogP contribution in [0.25, 0.3) is 21.8 Å². The first-order valence-corrected chi connectivity index (χ1v) is 8.83. The minimum absolute atomic E-state index is 0.213. The van der Waals surface area contributed by atoms with Crippen molar-refractivity contribution in [1.29, 1.82) is 0 Å². The van der Waals surface area contributed by atoms with Gasteiger partial charge in [-0.1, -0.05) is 30.0 Å². The summed E-state index contributed by atoms with van der Waals surface area (Å²) < 4.78 is 33.2. The monoisotopic (exact) mass is 364 g/mol. The van der Waals surface area contributed by atoms with Crippen LogP contribution in [0.15, 0.2) is 51.4 Å². The molecule has 0 fully saturated rings. The number of benzene rings is 1. The Labute approximate surface area is 143 Å². The molecule has 3 aromatic heterocycles. The van der Waals surface area contributed by atoms with Crippen LogP contribution in [0.3, 0.4) is 0 Å². The number of thioether (sulfide) groups is 1. The molecule has 0 atom stereocenters. The van der Waals surface area contributed by atoms with Crippen LogP contribution in [-0.4, -0.2) is 19.7 Å². The fourth-order valence-electron chi connectivity index (χ4n) is 2.31. The summed E-state index contributed by atoms with van der Waals surface area (Å²) in [4.78, 5) is 5.15. The smallest absolute Gasteiger partial charge is 0.320 e. The van der Waals surface area contributed by atoms with Gasteiger partial charge in [0.05, 0.1) is 21.7 Å². The molecule has 0 spiro atoms. The summed E-state index contributed by atoms with van der Waals surface area (Å²) in [6.45, 7) is -2.66. The molecule has 0 aliphatic heterocycles. The van der Waals surface area contributed by atoms with Crippen LogP contribution in [0, 0.1) is 0 Å². The highest BCUT2D eigenvalue weighted by molar-refractivity contribution is 7.98. The van der Waals surface area contributed by atoms with Gasteiger partial charge in [0.15, 0.2) is 0 Å². The van der Waals surface area contributed by atoms with Crippen molar-refractivity contribution in [3.63, 3.8) is 0 Å². The van der Waals surface area contributed by atoms with E-state index < -0.39 is 6.55 Å². The molecule has 24 heavy (non-hydrogen) atoms. The summed E-state index contributed by atoms with van der Waals surface area (Å²) in [5, 5.41) is 10.2. The number of alkyl halides is 2. The van der Waals surface area contributed by atoms with Gasteiger partial charge in [-0.25, -0.2) is 4.98 Å². The fraction of sp³-hybridized carbons (Fsp3) is 0.133. The molecule has 4 rings (SSSR count). The maximum absolute atomic E-state index is 13.4. The molecule has 0 amide bonds. The first kappa shape index (κ1) is 15.3. The minimum atomic E-state index is -2.66. The van der Waals surface area contributed by atoms with Gasteiger partial charge in [0, 0.05) is 0 Å². The number of thiophene rings is 1. The largest absolute Gasteiger partial charge is 0.410 e. The van der Waals surface area contributed by atoms with E-state index in [-0.39, 0.29) is 11.6 Å². The van der Waals surface area contributed by atoms with Crippen LogP contribution in [0.2, 0.25) is 0 Å². The van der Waals surface area contributed by atoms with Gasteiger partial charge in [-0.05, 0) is 23.6 Å². The first-order chi connectivity index (χ1) is 11.7. The molecule has 122 valence electrons. The van der Waals surface area contributed by atoms with Gasteiger partial charge in [-0.3, -0.25) is 4.57 Å². The third-order valence-corrected chi connectivity index (χ3v) is 5.00. The maximum atomic E-state index is 13.4. The van der Waals surface area contributed by atoms with E-state index in [0.29, 0.717) is 22.1 Å². The number of para-hydroxylation sites is 2. The highest BCUT2D eigenvalue weighted by atomic mass is 32.2. The molecule has 0 saturated heterocycles. The summed E-state index contributed by atoms with van der Waals surface area (Å²) in [6, 6.07) is 10.6. The van der Waals surface area contributed by atoms with Gasteiger partial charge < -0.3 is 4.42 Å². The highest BCUT2D eigenvalue weighted by Crippen LogP contribution is 2.30. The fourth-order valence-corrected chi connectivity index (χ4v) is 3.64. The molecular weight excluding hydrogens is 354 g/mol. The Morgan fingerprint density at radius 1 is 1.17 bits per heavy atom. The Kier molecular flexibility index (Phi) is 4.03. The van der Waals surface area contributed by atoms with Crippen molar-refractivity contribution in [1.82, 2.24) is 19.7 Å². The number of nitrogens with zero attached hydrogens (tertiary/aromatic N) is 4. The lowest BCUT2D eigenvalue weighted by Crippen LogP contribution is -2.03. The highest BCUT2D eigenvalue weighted by Gasteiger charge is 2.18. The zero-order valence-electron chi connectivity index (χ0n) is 12.1. The molecule has 4 aromatic rings. The number of fused-ring (bicyclic) bond motifs is 1. The van der Waals surface area contributed by atoms with Crippen molar-refractivity contribution < 1.29 is 13.2 Å². The first-order valence-electron chi connectivity index (χ1n) is 6.96. The average molecular weight is 364 g/mol. The van der Waals surface area contributed by atoms with E-state index in [1.807, 2.05) is 17.5 Å². The zero-order chi connectivity index (χ0) is 16.5. The predicted molar refractivity (Wildman–Crippen MR) is 88.2 cm³/mol. The van der Waals surface area contributed by atoms with Crippen LogP contribution in [0.5, 0.6) is 0 Å². The van der Waals surface area contributed by atoms with E-state index in [1.165, 1.54) is 23.1 Å². The van der Waals surface area contributed by atoms with Crippen LogP contribution in [0.4, 0.5) is 8.78 Å². The molecule has 0 saturated carbocycles. The van der Waals surface area contributed by atoms with Gasteiger partial charge in [0.1, 0.15) is 5.82 Å². The topological polar surface area (TPSA) is 56.7 Å². The van der Waals surface area contributed by atoms with Crippen LogP contribution in [0.1, 0.15) is 12.4 Å². The van der Waals surface area contributed by atoms with E-state index in [2.05, 4.69) is 15.2 Å². The van der Waals surface area contributed by atoms with Gasteiger partial charge in [0.2, 0.25) is 0 Å². The number of halogens is 2. The Bertz CT molecular complexity index is 965. The van der Waals surface area contributed by atoms with Crippen LogP contribution < -0.4 is 0 Å². The van der Waals surface area contributed by atoms with E-state index in [4.69, 9.17) is 4.42 Å². The number of aromatic nitrogens is 4. The summed E-state index contributed by atoms with van der Waals surface area (Å²) in [5.41, 5.74) is 0.950. The summed E-state index contributed by atoms with van der Waals surface area (Å²) in [7, 11) is 0. The van der Waals surface area contributed by atoms with E-state index in [0.717, 1.165) is 9.44 Å². The van der Waals surface area contributed by atoms with Gasteiger partial charge >= 0.3 is 6.55 Å². The number of rotatable bonds is 5. The second kappa shape index (κ2) is 6.33. The third-order valence-electron chi connectivity index (χ3n) is 3.33. The SMILES string of the molecule is FC(F)n1c(CSc2nnc(-c3cccs3)o2)nc2ccccc21. The average Bonchev–Trinajstić information content (AvgIpc) is 3.30. The molecule has 0 unspecified atom stereocenters. The van der Waals surface area contributed by atoms with E-state index >= 15 is 0 Å². The summed E-state index contributed by atoms with van der Waals surface area (Å²) in [6.07, 6.45) is 0. The van der Waals surface area contributed by atoms with E-state index in [1.54, 1.807) is 24.3 Å². The van der Waals surface area contributed by atoms with Crippen LogP contribution in [-0.2, 0) is 5.75 Å². The molecule has 0 aliphatic carbocycles. The predicted octanol–water partition coefficient (Wildman–Crippen LogP) is 4.84. The number of hydrogen-bond donors (Lipinski definition) is 0. The quantitative estimate of drug-likeness (QED) is 0.475. The molecule has 0 bridgehead atoms. The lowest BCUT2D eigenvalue weighted by atomic mass is 10.3. The Morgan fingerprint density at radius 3 is 2.83 bits per heavy atom. The molecule has 1 aromatic carbocycles. The van der Waals surface area contributed by atoms with Crippen molar-refractivity contribution in [3.8, 4) is 10.8 Å². The van der Waals surface area contributed by atoms with Gasteiger partial charge in [-0.15, -0.1) is 21.5 Å². The molecule has 0 N–H and O–H groups in total. The summed E-state index contributed by atoms with van der Waals surface area (Å²) >= 11 is 2.68. The van der Waals surface area contributed by atoms with Gasteiger partial charge in [0.25, 0.3) is 11.1 Å². The minimum Gasteiger partial charge on any atom is -0.410 e. The second-order valence-electron chi connectivity index (χ2n) is 4.80. The van der Waals surface area contributed by atoms with Crippen molar-refractivity contribution in [3.05, 3.63) is 47.6 Å². The molecule has 3 heterocycles. The zero-order valence-corrected chi connectivity index (χ0v) is 13.7. The van der Waals surface area contributed by atoms with Crippen molar-refractivity contribution in [2.45, 2.75) is 17.5 Å². The number of imidazole rings is 1. The van der Waals surface area contributed by atoms with Crippen LogP contribution >= 0.6 is 23.1 Å². The van der Waals surface area contributed by atoms with Crippen molar-refractivity contribution in [2.24, 2.45) is 0 Å². The Hall–Kier alpha value is -2.26. The molecule has 0 radical (unpaired) electrons. The van der Waals surface area contributed by atoms with Crippen molar-refractivity contribution >= 4 is 34.1 Å². The standard InChI is InChI=1S/C15H10F2N4OS2/c16-14(17)21-10-5-2-1-4-9(10)18-12(21)8-24-15-20-19-13(22-15)11-6-3-7-23-11/h1-7,14H,8H2. The molecular formula is C15H10F2N4OS2. The lowest BCUT2D eigenvalue weighted by molar-refractivity contribution is 0.0722. The molecule has 5 nitrogen and oxygen atoms in total. The second-order valence-corrected chi connectivity index (χ2v) is 6.68. The van der Waals surface area contributed by atoms with Gasteiger partial charge in [-0.2, -0.15) is 8.78 Å². The molecule has 0 aliphatic rings. The Balaban J connectivity index is 1.58. The maximum Gasteiger partial charge on any atom is 0.320 e. The normalized spacial score (nSPS) is 11.6. The summed E-state index contributed by atoms with van der Waals surface area (Å²) in [5.74, 6) is 0.910. The van der Waals surface area contributed by atoms with E-state index in [9.17, 15) is 8.78 Å². The number of hydrogen-bond acceptors (Lipinski definition) is 6. The lowest BCUT2D eigenvalue weighted by Gasteiger charge is -2.06.